The summed E-state index contributed by atoms with van der Waals surface area (Å²) in [5.74, 6) is -0.0617. The van der Waals surface area contributed by atoms with Crippen LogP contribution in [0, 0.1) is 0 Å². The van der Waals surface area contributed by atoms with Crippen molar-refractivity contribution in [1.29, 1.82) is 0 Å². The molecule has 0 saturated carbocycles. The molecule has 1 aromatic carbocycles. The van der Waals surface area contributed by atoms with Gasteiger partial charge in [0.25, 0.3) is 5.56 Å². The molecule has 1 saturated heterocycles. The molecule has 0 spiro atoms. The zero-order valence-corrected chi connectivity index (χ0v) is 10.3. The molecule has 2 N–H and O–H groups in total. The number of nitrogens with zero attached hydrogens (tertiary/aromatic N) is 2. The number of phenolic OH excluding ortho intramolecular Hbond substituents is 1. The lowest BCUT2D eigenvalue weighted by molar-refractivity contribution is 0.450. The van der Waals surface area contributed by atoms with Crippen LogP contribution in [-0.2, 0) is 0 Å². The van der Waals surface area contributed by atoms with Crippen molar-refractivity contribution < 1.29 is 5.11 Å². The summed E-state index contributed by atoms with van der Waals surface area (Å²) in [5.41, 5.74) is 0.113. The first-order chi connectivity index (χ1) is 8.68. The van der Waals surface area contributed by atoms with Crippen LogP contribution in [0.4, 0.5) is 0 Å². The van der Waals surface area contributed by atoms with Crippen molar-refractivity contribution in [3.05, 3.63) is 33.8 Å². The summed E-state index contributed by atoms with van der Waals surface area (Å²) in [6.07, 6.45) is 1.69. The van der Waals surface area contributed by atoms with Crippen molar-refractivity contribution in [2.24, 2.45) is 0 Å². The molecular weight excluding hydrogens is 254 g/mol. The van der Waals surface area contributed by atoms with Crippen molar-refractivity contribution in [3.63, 3.8) is 0 Å². The van der Waals surface area contributed by atoms with E-state index in [-0.39, 0.29) is 28.1 Å². The smallest absolute Gasteiger partial charge is 0.267 e. The predicted octanol–water partition coefficient (Wildman–Crippen LogP) is 1.64. The van der Waals surface area contributed by atoms with E-state index in [9.17, 15) is 9.90 Å². The van der Waals surface area contributed by atoms with Crippen LogP contribution in [0.1, 0.15) is 19.0 Å². The lowest BCUT2D eigenvalue weighted by atomic mass is 10.2. The molecule has 18 heavy (non-hydrogen) atoms. The third-order valence-electron chi connectivity index (χ3n) is 3.21. The number of benzene rings is 1. The van der Waals surface area contributed by atoms with Crippen LogP contribution in [0.15, 0.2) is 23.0 Å². The summed E-state index contributed by atoms with van der Waals surface area (Å²) >= 11 is 6.07. The molecule has 0 bridgehead atoms. The van der Waals surface area contributed by atoms with E-state index in [4.69, 9.17) is 11.6 Å². The zero-order valence-electron chi connectivity index (χ0n) is 9.56. The fraction of sp³-hybridized carbons (Fsp3) is 0.333. The van der Waals surface area contributed by atoms with Crippen molar-refractivity contribution in [2.75, 3.05) is 6.54 Å². The van der Waals surface area contributed by atoms with Crippen molar-refractivity contribution in [3.8, 4) is 5.75 Å². The minimum absolute atomic E-state index is 0.0617. The first kappa shape index (κ1) is 11.5. The Labute approximate surface area is 108 Å². The average Bonchev–Trinajstić information content (AvgIpc) is 2.82. The topological polar surface area (TPSA) is 67.1 Å². The lowest BCUT2D eigenvalue weighted by Gasteiger charge is -2.16. The first-order valence-electron chi connectivity index (χ1n) is 5.81. The van der Waals surface area contributed by atoms with E-state index >= 15 is 0 Å². The van der Waals surface area contributed by atoms with Gasteiger partial charge < -0.3 is 5.11 Å². The number of aromatic hydroxyl groups is 1. The summed E-state index contributed by atoms with van der Waals surface area (Å²) in [7, 11) is 0. The number of nitrogens with one attached hydrogen (secondary N) is 1. The largest absolute Gasteiger partial charge is 0.507 e. The third kappa shape index (κ3) is 1.67. The van der Waals surface area contributed by atoms with E-state index in [1.54, 1.807) is 12.1 Å². The molecule has 1 fully saturated rings. The SMILES string of the molecule is O=c1c2c(O)cccc2nc(Cl)n1C1CCCN1. The standard InChI is InChI=1S/C12H12ClN3O2/c13-12-15-7-3-1-4-8(17)10(7)11(18)16(12)9-5-2-6-14-9/h1,3-4,9,14,17H,2,5-6H2. The highest BCUT2D eigenvalue weighted by atomic mass is 35.5. The maximum absolute atomic E-state index is 12.4. The summed E-state index contributed by atoms with van der Waals surface area (Å²) in [5, 5.41) is 13.4. The van der Waals surface area contributed by atoms with Crippen LogP contribution in [0.3, 0.4) is 0 Å². The van der Waals surface area contributed by atoms with Gasteiger partial charge in [0.15, 0.2) is 0 Å². The Hall–Kier alpha value is -1.59. The van der Waals surface area contributed by atoms with Gasteiger partial charge in [0, 0.05) is 0 Å². The summed E-state index contributed by atoms with van der Waals surface area (Å²) in [6.45, 7) is 0.853. The fourth-order valence-electron chi connectivity index (χ4n) is 2.35. The van der Waals surface area contributed by atoms with Gasteiger partial charge in [-0.2, -0.15) is 0 Å². The van der Waals surface area contributed by atoms with E-state index in [2.05, 4.69) is 10.3 Å². The van der Waals surface area contributed by atoms with E-state index in [1.807, 2.05) is 0 Å². The van der Waals surface area contributed by atoms with Gasteiger partial charge in [-0.15, -0.1) is 0 Å². The second kappa shape index (κ2) is 4.26. The monoisotopic (exact) mass is 265 g/mol. The minimum atomic E-state index is -0.303. The van der Waals surface area contributed by atoms with Crippen molar-refractivity contribution in [1.82, 2.24) is 14.9 Å². The highest BCUT2D eigenvalue weighted by molar-refractivity contribution is 6.28. The van der Waals surface area contributed by atoms with Gasteiger partial charge in [-0.1, -0.05) is 6.07 Å². The van der Waals surface area contributed by atoms with Gasteiger partial charge in [-0.05, 0) is 43.1 Å². The minimum Gasteiger partial charge on any atom is -0.507 e. The van der Waals surface area contributed by atoms with Crippen LogP contribution in [0.2, 0.25) is 5.28 Å². The van der Waals surface area contributed by atoms with Crippen LogP contribution < -0.4 is 10.9 Å². The van der Waals surface area contributed by atoms with Gasteiger partial charge in [-0.25, -0.2) is 4.98 Å². The Balaban J connectivity index is 2.32. The molecule has 1 aliphatic heterocycles. The first-order valence-corrected chi connectivity index (χ1v) is 6.19. The summed E-state index contributed by atoms with van der Waals surface area (Å²) < 4.78 is 1.41. The molecule has 2 heterocycles. The number of hydrogen-bond donors (Lipinski definition) is 2. The van der Waals surface area contributed by atoms with E-state index < -0.39 is 0 Å². The Morgan fingerprint density at radius 1 is 1.50 bits per heavy atom. The van der Waals surface area contributed by atoms with Crippen LogP contribution in [-0.4, -0.2) is 21.2 Å². The van der Waals surface area contributed by atoms with E-state index in [1.165, 1.54) is 10.6 Å². The molecule has 0 aliphatic carbocycles. The second-order valence-corrected chi connectivity index (χ2v) is 4.68. The highest BCUT2D eigenvalue weighted by Crippen LogP contribution is 2.24. The molecule has 0 amide bonds. The van der Waals surface area contributed by atoms with Crippen LogP contribution >= 0.6 is 11.6 Å². The maximum atomic E-state index is 12.4. The Morgan fingerprint density at radius 2 is 2.33 bits per heavy atom. The number of rotatable bonds is 1. The summed E-state index contributed by atoms with van der Waals surface area (Å²) in [6, 6.07) is 4.78. The molecule has 1 atom stereocenters. The normalized spacial score (nSPS) is 19.5. The Bertz CT molecular complexity index is 662. The van der Waals surface area contributed by atoms with Crippen molar-refractivity contribution >= 4 is 22.5 Å². The number of fused-ring (bicyclic) bond motifs is 1. The maximum Gasteiger partial charge on any atom is 0.267 e. The zero-order chi connectivity index (χ0) is 12.7. The predicted molar refractivity (Wildman–Crippen MR) is 69.0 cm³/mol. The van der Waals surface area contributed by atoms with Crippen molar-refractivity contribution in [2.45, 2.75) is 19.0 Å². The van der Waals surface area contributed by atoms with E-state index in [0.717, 1.165) is 19.4 Å². The number of hydrogen-bond acceptors (Lipinski definition) is 4. The molecule has 5 nitrogen and oxygen atoms in total. The fourth-order valence-corrected chi connectivity index (χ4v) is 2.64. The molecule has 1 aliphatic rings. The number of halogens is 1. The highest BCUT2D eigenvalue weighted by Gasteiger charge is 2.22. The molecular formula is C12H12ClN3O2. The molecule has 94 valence electrons. The number of phenols is 1. The molecule has 6 heteroatoms. The lowest BCUT2D eigenvalue weighted by Crippen LogP contribution is -2.31. The molecule has 0 radical (unpaired) electrons. The molecule has 1 aromatic heterocycles. The van der Waals surface area contributed by atoms with Gasteiger partial charge in [0.05, 0.1) is 11.7 Å². The molecule has 3 rings (SSSR count). The Morgan fingerprint density at radius 3 is 3.06 bits per heavy atom. The van der Waals surface area contributed by atoms with Gasteiger partial charge in [-0.3, -0.25) is 14.7 Å². The molecule has 2 aromatic rings. The Kier molecular flexibility index (Phi) is 2.72. The van der Waals surface area contributed by atoms with Gasteiger partial charge >= 0.3 is 0 Å². The van der Waals surface area contributed by atoms with Gasteiger partial charge in [0.1, 0.15) is 11.1 Å². The molecule has 1 unspecified atom stereocenters. The quantitative estimate of drug-likeness (QED) is 0.769. The third-order valence-corrected chi connectivity index (χ3v) is 3.48. The average molecular weight is 266 g/mol. The number of aromatic nitrogens is 2. The second-order valence-electron chi connectivity index (χ2n) is 4.34. The van der Waals surface area contributed by atoms with Crippen LogP contribution in [0.5, 0.6) is 5.75 Å². The van der Waals surface area contributed by atoms with Crippen LogP contribution in [0.25, 0.3) is 10.9 Å². The van der Waals surface area contributed by atoms with Gasteiger partial charge in [0.2, 0.25) is 5.28 Å². The summed E-state index contributed by atoms with van der Waals surface area (Å²) in [4.78, 5) is 16.6. The van der Waals surface area contributed by atoms with E-state index in [0.29, 0.717) is 5.52 Å².